The number of nitrogens with one attached hydrogen (secondary N) is 1. The molecule has 1 saturated heterocycles. The van der Waals surface area contributed by atoms with Gasteiger partial charge in [-0.1, -0.05) is 18.2 Å². The van der Waals surface area contributed by atoms with Crippen LogP contribution >= 0.6 is 11.3 Å². The Hall–Kier alpha value is -3.15. The van der Waals surface area contributed by atoms with E-state index in [0.717, 1.165) is 25.1 Å². The van der Waals surface area contributed by atoms with E-state index in [1.165, 1.54) is 17.0 Å². The highest BCUT2D eigenvalue weighted by atomic mass is 32.1. The maximum Gasteiger partial charge on any atom is 0.274 e. The van der Waals surface area contributed by atoms with Gasteiger partial charge in [0.1, 0.15) is 5.69 Å². The lowest BCUT2D eigenvalue weighted by atomic mass is 10.1. The molecule has 3 heterocycles. The largest absolute Gasteiger partial charge is 0.390 e. The fourth-order valence-electron chi connectivity index (χ4n) is 3.84. The predicted octanol–water partition coefficient (Wildman–Crippen LogP) is 3.81. The van der Waals surface area contributed by atoms with Crippen LogP contribution in [-0.2, 0) is 6.54 Å². The quantitative estimate of drug-likeness (QED) is 0.605. The minimum Gasteiger partial charge on any atom is -0.390 e. The molecule has 3 aromatic rings. The zero-order chi connectivity index (χ0) is 20.9. The molecular formula is C22H23N5O2S. The first-order valence-electron chi connectivity index (χ1n) is 9.94. The Labute approximate surface area is 179 Å². The van der Waals surface area contributed by atoms with Crippen LogP contribution in [0.5, 0.6) is 0 Å². The van der Waals surface area contributed by atoms with Crippen molar-refractivity contribution in [1.82, 2.24) is 9.55 Å². The molecule has 0 bridgehead atoms. The highest BCUT2D eigenvalue weighted by Gasteiger charge is 2.28. The van der Waals surface area contributed by atoms with Crippen LogP contribution in [0.25, 0.3) is 0 Å². The second kappa shape index (κ2) is 9.11. The van der Waals surface area contributed by atoms with Gasteiger partial charge in [-0.3, -0.25) is 10.1 Å². The van der Waals surface area contributed by atoms with Crippen LogP contribution in [0.2, 0.25) is 0 Å². The fraction of sp³-hybridized carbons (Fsp3) is 0.318. The molecule has 0 unspecified atom stereocenters. The molecule has 2 aromatic heterocycles. The third-order valence-electron chi connectivity index (χ3n) is 5.22. The van der Waals surface area contributed by atoms with E-state index in [1.807, 2.05) is 29.6 Å². The number of nitrogens with zero attached hydrogens (tertiary/aromatic N) is 4. The van der Waals surface area contributed by atoms with Crippen molar-refractivity contribution in [2.75, 3.05) is 16.8 Å². The van der Waals surface area contributed by atoms with Gasteiger partial charge in [0.15, 0.2) is 5.13 Å². The van der Waals surface area contributed by atoms with E-state index in [9.17, 15) is 9.90 Å². The molecule has 1 aromatic carbocycles. The molecule has 1 amide bonds. The lowest BCUT2D eigenvalue weighted by Crippen LogP contribution is -2.23. The SMILES string of the molecule is N#CC[C@H](O)Cn1cccc1C(=O)Nc1nc([C@H]2CCCN2c2ccccc2)cs1. The van der Waals surface area contributed by atoms with E-state index in [4.69, 9.17) is 5.26 Å². The number of carbonyl (C=O) groups excluding carboxylic acids is 1. The minimum absolute atomic E-state index is 0.0222. The summed E-state index contributed by atoms with van der Waals surface area (Å²) in [5, 5.41) is 24.0. The van der Waals surface area contributed by atoms with Gasteiger partial charge < -0.3 is 14.6 Å². The van der Waals surface area contributed by atoms with Crippen molar-refractivity contribution in [3.8, 4) is 6.07 Å². The number of benzene rings is 1. The van der Waals surface area contributed by atoms with Crippen LogP contribution in [0.15, 0.2) is 54.0 Å². The molecule has 30 heavy (non-hydrogen) atoms. The van der Waals surface area contributed by atoms with Crippen LogP contribution in [0.1, 0.15) is 41.5 Å². The summed E-state index contributed by atoms with van der Waals surface area (Å²) < 4.78 is 1.65. The molecule has 0 aliphatic carbocycles. The number of amides is 1. The van der Waals surface area contributed by atoms with E-state index in [2.05, 4.69) is 27.3 Å². The van der Waals surface area contributed by atoms with E-state index < -0.39 is 6.10 Å². The molecule has 1 aliphatic heterocycles. The normalized spacial score (nSPS) is 16.9. The van der Waals surface area contributed by atoms with E-state index in [0.29, 0.717) is 10.8 Å². The lowest BCUT2D eigenvalue weighted by Gasteiger charge is -2.25. The van der Waals surface area contributed by atoms with Gasteiger partial charge in [0.25, 0.3) is 5.91 Å². The summed E-state index contributed by atoms with van der Waals surface area (Å²) in [5.41, 5.74) is 2.58. The minimum atomic E-state index is -0.813. The summed E-state index contributed by atoms with van der Waals surface area (Å²) in [6.07, 6.45) is 3.07. The van der Waals surface area contributed by atoms with Gasteiger partial charge in [-0.2, -0.15) is 5.26 Å². The summed E-state index contributed by atoms with van der Waals surface area (Å²) in [4.78, 5) is 19.8. The van der Waals surface area contributed by atoms with E-state index in [1.54, 1.807) is 22.9 Å². The summed E-state index contributed by atoms with van der Waals surface area (Å²) in [5.74, 6) is -0.281. The van der Waals surface area contributed by atoms with Gasteiger partial charge in [-0.05, 0) is 37.1 Å². The average molecular weight is 422 g/mol. The summed E-state index contributed by atoms with van der Waals surface area (Å²) >= 11 is 1.42. The molecule has 8 heteroatoms. The highest BCUT2D eigenvalue weighted by Crippen LogP contribution is 2.37. The smallest absolute Gasteiger partial charge is 0.274 e. The van der Waals surface area contributed by atoms with Crippen LogP contribution in [-0.4, -0.2) is 33.2 Å². The zero-order valence-electron chi connectivity index (χ0n) is 16.4. The number of para-hydroxylation sites is 1. The van der Waals surface area contributed by atoms with E-state index in [-0.39, 0.29) is 24.9 Å². The number of rotatable bonds is 7. The number of aromatic nitrogens is 2. The van der Waals surface area contributed by atoms with Gasteiger partial charge >= 0.3 is 0 Å². The zero-order valence-corrected chi connectivity index (χ0v) is 17.3. The molecule has 0 saturated carbocycles. The molecule has 0 radical (unpaired) electrons. The Morgan fingerprint density at radius 1 is 1.33 bits per heavy atom. The second-order valence-corrected chi connectivity index (χ2v) is 8.14. The van der Waals surface area contributed by atoms with Crippen molar-refractivity contribution in [3.63, 3.8) is 0 Å². The maximum atomic E-state index is 12.7. The Bertz CT molecular complexity index is 1040. The van der Waals surface area contributed by atoms with Crippen molar-refractivity contribution in [1.29, 1.82) is 5.26 Å². The number of nitriles is 1. The number of carbonyl (C=O) groups is 1. The molecule has 2 atom stereocenters. The second-order valence-electron chi connectivity index (χ2n) is 7.28. The molecule has 4 rings (SSSR count). The number of aliphatic hydroxyl groups excluding tert-OH is 1. The van der Waals surface area contributed by atoms with Crippen molar-refractivity contribution in [3.05, 3.63) is 65.4 Å². The maximum absolute atomic E-state index is 12.7. The molecule has 154 valence electrons. The standard InChI is InChI=1S/C22H23N5O2S/c23-11-10-17(28)14-26-12-4-9-20(26)21(29)25-22-24-18(15-30-22)19-8-5-13-27(19)16-6-2-1-3-7-16/h1-4,6-7,9,12,15,17,19,28H,5,8,10,13-14H2,(H,24,25,29)/t17-,19+/m0/s1. The third kappa shape index (κ3) is 4.37. The van der Waals surface area contributed by atoms with Crippen molar-refractivity contribution < 1.29 is 9.90 Å². The van der Waals surface area contributed by atoms with Gasteiger partial charge in [0.2, 0.25) is 0 Å². The van der Waals surface area contributed by atoms with Crippen LogP contribution in [0.3, 0.4) is 0 Å². The van der Waals surface area contributed by atoms with Gasteiger partial charge in [-0.15, -0.1) is 11.3 Å². The first-order valence-corrected chi connectivity index (χ1v) is 10.8. The van der Waals surface area contributed by atoms with Crippen LogP contribution in [0.4, 0.5) is 10.8 Å². The Morgan fingerprint density at radius 2 is 2.17 bits per heavy atom. The fourth-order valence-corrected chi connectivity index (χ4v) is 4.59. The average Bonchev–Trinajstić information content (AvgIpc) is 3.49. The number of thiazole rings is 1. The monoisotopic (exact) mass is 421 g/mol. The molecule has 2 N–H and O–H groups in total. The van der Waals surface area contributed by atoms with Crippen LogP contribution < -0.4 is 10.2 Å². The number of aliphatic hydroxyl groups is 1. The van der Waals surface area contributed by atoms with Crippen molar-refractivity contribution in [2.24, 2.45) is 0 Å². The Balaban J connectivity index is 1.45. The Morgan fingerprint density at radius 3 is 2.97 bits per heavy atom. The lowest BCUT2D eigenvalue weighted by molar-refractivity contribution is 0.101. The van der Waals surface area contributed by atoms with Gasteiger partial charge in [0.05, 0.1) is 30.3 Å². The molecule has 7 nitrogen and oxygen atoms in total. The van der Waals surface area contributed by atoms with Crippen molar-refractivity contribution in [2.45, 2.75) is 38.0 Å². The van der Waals surface area contributed by atoms with Gasteiger partial charge in [-0.25, -0.2) is 4.98 Å². The molecular weight excluding hydrogens is 398 g/mol. The number of hydrogen-bond acceptors (Lipinski definition) is 6. The first-order chi connectivity index (χ1) is 14.7. The summed E-state index contributed by atoms with van der Waals surface area (Å²) in [7, 11) is 0. The van der Waals surface area contributed by atoms with E-state index >= 15 is 0 Å². The number of hydrogen-bond donors (Lipinski definition) is 2. The first kappa shape index (κ1) is 20.1. The van der Waals surface area contributed by atoms with Gasteiger partial charge in [0, 0.05) is 30.4 Å². The highest BCUT2D eigenvalue weighted by molar-refractivity contribution is 7.14. The topological polar surface area (TPSA) is 94.2 Å². The molecule has 1 aliphatic rings. The molecule has 0 spiro atoms. The summed E-state index contributed by atoms with van der Waals surface area (Å²) in [6.45, 7) is 1.19. The molecule has 1 fully saturated rings. The third-order valence-corrected chi connectivity index (χ3v) is 6.00. The Kier molecular flexibility index (Phi) is 6.12. The van der Waals surface area contributed by atoms with Crippen LogP contribution in [0, 0.1) is 11.3 Å². The summed E-state index contributed by atoms with van der Waals surface area (Å²) in [6, 6.07) is 15.9. The van der Waals surface area contributed by atoms with Crippen molar-refractivity contribution >= 4 is 28.1 Å². The predicted molar refractivity (Wildman–Crippen MR) is 116 cm³/mol. The number of anilines is 2.